The molecule has 47 heavy (non-hydrogen) atoms. The van der Waals surface area contributed by atoms with Crippen molar-refractivity contribution >= 4 is 11.7 Å². The highest BCUT2D eigenvalue weighted by molar-refractivity contribution is 5.83. The Labute approximate surface area is 276 Å². The van der Waals surface area contributed by atoms with Crippen molar-refractivity contribution in [3.05, 3.63) is 89.9 Å². The standard InChI is InChI=1S/C37H42N8O2/c1-44-24-31(23-42-44)29-12-13-32(39-21-29)34(36(46)41-20-27-6-3-2-4-7-27)28-10-8-26(9-11-28)18-33-40-22-30(19-38)35(43-33)45-16-5-14-37(25-45)15-17-47-37/h2-4,6-7,12-13,21-24,26,28,34H,5,8-11,14-18,20,25H2,1H3,(H,41,46)/t26-,28-,34?,37?. The highest BCUT2D eigenvalue weighted by Gasteiger charge is 2.43. The van der Waals surface area contributed by atoms with Gasteiger partial charge in [0.25, 0.3) is 0 Å². The minimum absolute atomic E-state index is 0.0220. The van der Waals surface area contributed by atoms with Gasteiger partial charge in [-0.15, -0.1) is 0 Å². The Kier molecular flexibility index (Phi) is 8.99. The van der Waals surface area contributed by atoms with Crippen LogP contribution in [-0.2, 0) is 29.5 Å². The molecule has 3 aromatic heterocycles. The maximum atomic E-state index is 13.8. The minimum atomic E-state index is -0.333. The van der Waals surface area contributed by atoms with Gasteiger partial charge in [0.15, 0.2) is 0 Å². The summed E-state index contributed by atoms with van der Waals surface area (Å²) in [5, 5.41) is 17.3. The number of anilines is 1. The average molecular weight is 631 g/mol. The third kappa shape index (κ3) is 6.91. The van der Waals surface area contributed by atoms with Crippen LogP contribution < -0.4 is 10.2 Å². The first-order valence-corrected chi connectivity index (χ1v) is 16.9. The Bertz CT molecular complexity index is 1720. The first-order chi connectivity index (χ1) is 23.0. The molecule has 2 aliphatic heterocycles. The fraction of sp³-hybridized carbons (Fsp3) is 0.459. The normalized spacial score (nSPS) is 23.1. The Morgan fingerprint density at radius 3 is 2.57 bits per heavy atom. The van der Waals surface area contributed by atoms with Crippen molar-refractivity contribution in [3.63, 3.8) is 0 Å². The fourth-order valence-corrected chi connectivity index (χ4v) is 7.62. The van der Waals surface area contributed by atoms with Crippen LogP contribution >= 0.6 is 0 Å². The van der Waals surface area contributed by atoms with E-state index in [1.54, 1.807) is 10.9 Å². The lowest BCUT2D eigenvalue weighted by molar-refractivity contribution is -0.151. The first kappa shape index (κ1) is 31.0. The predicted octanol–water partition coefficient (Wildman–Crippen LogP) is 5.35. The molecular formula is C37H42N8O2. The lowest BCUT2D eigenvalue weighted by atomic mass is 9.73. The van der Waals surface area contributed by atoms with Crippen LogP contribution in [0.2, 0.25) is 0 Å². The highest BCUT2D eigenvalue weighted by Crippen LogP contribution is 2.40. The van der Waals surface area contributed by atoms with E-state index in [0.29, 0.717) is 18.0 Å². The Morgan fingerprint density at radius 1 is 1.06 bits per heavy atom. The number of rotatable bonds is 9. The first-order valence-electron chi connectivity index (χ1n) is 16.9. The Hall–Kier alpha value is -4.62. The molecule has 1 amide bonds. The van der Waals surface area contributed by atoms with Gasteiger partial charge < -0.3 is 15.0 Å². The van der Waals surface area contributed by atoms with Crippen molar-refractivity contribution in [2.75, 3.05) is 24.6 Å². The molecular weight excluding hydrogens is 588 g/mol. The zero-order valence-corrected chi connectivity index (χ0v) is 27.0. The van der Waals surface area contributed by atoms with Crippen LogP contribution in [0.5, 0.6) is 0 Å². The van der Waals surface area contributed by atoms with Crippen molar-refractivity contribution in [2.45, 2.75) is 69.4 Å². The Balaban J connectivity index is 1.04. The van der Waals surface area contributed by atoms with Gasteiger partial charge in [0.1, 0.15) is 23.3 Å². The molecule has 1 aromatic carbocycles. The smallest absolute Gasteiger partial charge is 0.229 e. The number of hydrogen-bond donors (Lipinski definition) is 1. The number of aryl methyl sites for hydroxylation is 1. The summed E-state index contributed by atoms with van der Waals surface area (Å²) in [6.07, 6.45) is 15.1. The van der Waals surface area contributed by atoms with Gasteiger partial charge in [0.05, 0.1) is 36.2 Å². The number of piperidine rings is 1. The maximum absolute atomic E-state index is 13.8. The SMILES string of the molecule is Cn1cc(-c2ccc(C(C(=O)NCc3ccccc3)[C@H]3CC[C@H](Cc4ncc(C#N)c(N5CCCC6(CCO6)C5)n4)CC3)nc2)cn1. The predicted molar refractivity (Wildman–Crippen MR) is 178 cm³/mol. The number of amides is 1. The monoisotopic (exact) mass is 630 g/mol. The van der Waals surface area contributed by atoms with Crippen LogP contribution in [-0.4, -0.2) is 55.9 Å². The lowest BCUT2D eigenvalue weighted by Gasteiger charge is -2.48. The second kappa shape index (κ2) is 13.6. The second-order valence-electron chi connectivity index (χ2n) is 13.5. The fourth-order valence-electron chi connectivity index (χ4n) is 7.62. The summed E-state index contributed by atoms with van der Waals surface area (Å²) in [6, 6.07) is 16.4. The topological polar surface area (TPSA) is 122 Å². The van der Waals surface area contributed by atoms with Crippen molar-refractivity contribution in [1.29, 1.82) is 5.26 Å². The number of aromatic nitrogens is 5. The van der Waals surface area contributed by atoms with Gasteiger partial charge in [-0.3, -0.25) is 14.5 Å². The van der Waals surface area contributed by atoms with E-state index in [1.807, 2.05) is 68.1 Å². The van der Waals surface area contributed by atoms with E-state index in [-0.39, 0.29) is 23.3 Å². The number of carbonyl (C=O) groups is 1. The van der Waals surface area contributed by atoms with Crippen molar-refractivity contribution in [3.8, 4) is 17.2 Å². The van der Waals surface area contributed by atoms with E-state index in [0.717, 1.165) is 105 Å². The molecule has 3 aliphatic rings. The van der Waals surface area contributed by atoms with E-state index in [4.69, 9.17) is 14.7 Å². The van der Waals surface area contributed by atoms with Crippen molar-refractivity contribution < 1.29 is 9.53 Å². The van der Waals surface area contributed by atoms with E-state index < -0.39 is 0 Å². The molecule has 242 valence electrons. The number of benzene rings is 1. The number of carbonyl (C=O) groups excluding carboxylic acids is 1. The van der Waals surface area contributed by atoms with Crippen LogP contribution in [0.3, 0.4) is 0 Å². The Morgan fingerprint density at radius 2 is 1.89 bits per heavy atom. The molecule has 5 heterocycles. The van der Waals surface area contributed by atoms with Gasteiger partial charge in [0, 0.05) is 63.0 Å². The summed E-state index contributed by atoms with van der Waals surface area (Å²) < 4.78 is 7.75. The van der Waals surface area contributed by atoms with E-state index >= 15 is 0 Å². The molecule has 4 aromatic rings. The molecule has 7 rings (SSSR count). The van der Waals surface area contributed by atoms with Crippen LogP contribution in [0.25, 0.3) is 11.1 Å². The van der Waals surface area contributed by atoms with E-state index in [9.17, 15) is 10.1 Å². The molecule has 10 heteroatoms. The van der Waals surface area contributed by atoms with Gasteiger partial charge in [-0.1, -0.05) is 36.4 Å². The number of pyridine rings is 1. The van der Waals surface area contributed by atoms with Crippen molar-refractivity contribution in [1.82, 2.24) is 30.0 Å². The quantitative estimate of drug-likeness (QED) is 0.263. The van der Waals surface area contributed by atoms with Gasteiger partial charge in [-0.2, -0.15) is 10.4 Å². The molecule has 10 nitrogen and oxygen atoms in total. The second-order valence-corrected chi connectivity index (χ2v) is 13.5. The number of nitrogens with one attached hydrogen (secondary N) is 1. The third-order valence-corrected chi connectivity index (χ3v) is 10.3. The van der Waals surface area contributed by atoms with Crippen LogP contribution in [0.1, 0.15) is 73.5 Å². The van der Waals surface area contributed by atoms with Gasteiger partial charge in [-0.05, 0) is 62.0 Å². The van der Waals surface area contributed by atoms with Crippen LogP contribution in [0.4, 0.5) is 5.82 Å². The zero-order valence-electron chi connectivity index (χ0n) is 27.0. The maximum Gasteiger partial charge on any atom is 0.229 e. The summed E-state index contributed by atoms with van der Waals surface area (Å²) in [5.41, 5.74) is 4.32. The van der Waals surface area contributed by atoms with Gasteiger partial charge in [0.2, 0.25) is 5.91 Å². The molecule has 1 spiro atoms. The number of nitrogens with zero attached hydrogens (tertiary/aromatic N) is 7. The lowest BCUT2D eigenvalue weighted by Crippen LogP contribution is -2.56. The molecule has 2 atom stereocenters. The average Bonchev–Trinajstić information content (AvgIpc) is 3.54. The molecule has 3 fully saturated rings. The minimum Gasteiger partial charge on any atom is -0.373 e. The van der Waals surface area contributed by atoms with Crippen LogP contribution in [0, 0.1) is 23.2 Å². The molecule has 2 saturated heterocycles. The molecule has 1 N–H and O–H groups in total. The van der Waals surface area contributed by atoms with Crippen molar-refractivity contribution in [2.24, 2.45) is 18.9 Å². The van der Waals surface area contributed by atoms with E-state index in [2.05, 4.69) is 26.4 Å². The van der Waals surface area contributed by atoms with Crippen LogP contribution in [0.15, 0.2) is 67.3 Å². The third-order valence-electron chi connectivity index (χ3n) is 10.3. The molecule has 0 bridgehead atoms. The molecule has 1 aliphatic carbocycles. The zero-order chi connectivity index (χ0) is 32.2. The number of hydrogen-bond acceptors (Lipinski definition) is 8. The summed E-state index contributed by atoms with van der Waals surface area (Å²) in [5.74, 6) is 1.83. The molecule has 0 radical (unpaired) electrons. The number of ether oxygens (including phenoxy) is 1. The molecule has 2 unspecified atom stereocenters. The number of nitriles is 1. The van der Waals surface area contributed by atoms with Gasteiger partial charge >= 0.3 is 0 Å². The molecule has 1 saturated carbocycles. The summed E-state index contributed by atoms with van der Waals surface area (Å²) in [7, 11) is 1.90. The summed E-state index contributed by atoms with van der Waals surface area (Å²) >= 11 is 0. The van der Waals surface area contributed by atoms with Gasteiger partial charge in [-0.25, -0.2) is 9.97 Å². The summed E-state index contributed by atoms with van der Waals surface area (Å²) in [4.78, 5) is 30.5. The highest BCUT2D eigenvalue weighted by atomic mass is 16.5. The van der Waals surface area contributed by atoms with E-state index in [1.165, 1.54) is 0 Å². The summed E-state index contributed by atoms with van der Waals surface area (Å²) in [6.45, 7) is 2.97. The largest absolute Gasteiger partial charge is 0.373 e.